The van der Waals surface area contributed by atoms with Crippen LogP contribution in [0, 0.1) is 13.8 Å². The zero-order chi connectivity index (χ0) is 19.9. The molecule has 0 bridgehead atoms. The molecule has 2 heteroatoms. The molecule has 0 aliphatic heterocycles. The van der Waals surface area contributed by atoms with Crippen LogP contribution in [0.5, 0.6) is 11.5 Å². The maximum atomic E-state index is 10.9. The van der Waals surface area contributed by atoms with Crippen molar-refractivity contribution in [1.82, 2.24) is 0 Å². The molecule has 0 fully saturated rings. The summed E-state index contributed by atoms with van der Waals surface area (Å²) in [5.74, 6) is 1.34. The van der Waals surface area contributed by atoms with Gasteiger partial charge in [0.25, 0.3) is 0 Å². The van der Waals surface area contributed by atoms with E-state index < -0.39 is 0 Å². The molecule has 142 valence electrons. The van der Waals surface area contributed by atoms with Crippen LogP contribution in [0.2, 0.25) is 0 Å². The van der Waals surface area contributed by atoms with Crippen LogP contribution in [0.15, 0.2) is 24.3 Å². The van der Waals surface area contributed by atoms with E-state index in [2.05, 4.69) is 79.7 Å². The number of hydrogen-bond acceptors (Lipinski definition) is 2. The summed E-state index contributed by atoms with van der Waals surface area (Å²) >= 11 is 0. The molecule has 0 aliphatic carbocycles. The number of phenols is 1. The third kappa shape index (κ3) is 4.23. The van der Waals surface area contributed by atoms with Crippen LogP contribution in [-0.2, 0) is 17.3 Å². The second-order valence-corrected chi connectivity index (χ2v) is 9.50. The van der Waals surface area contributed by atoms with Gasteiger partial charge < -0.3 is 9.84 Å². The molecule has 0 radical (unpaired) electrons. The number of benzene rings is 2. The highest BCUT2D eigenvalue weighted by atomic mass is 16.5. The van der Waals surface area contributed by atoms with Crippen molar-refractivity contribution in [2.75, 3.05) is 7.11 Å². The summed E-state index contributed by atoms with van der Waals surface area (Å²) < 4.78 is 5.82. The third-order valence-electron chi connectivity index (χ3n) is 4.84. The Kier molecular flexibility index (Phi) is 5.46. The second-order valence-electron chi connectivity index (χ2n) is 9.50. The molecule has 0 saturated heterocycles. The lowest BCUT2D eigenvalue weighted by Crippen LogP contribution is -2.15. The van der Waals surface area contributed by atoms with E-state index in [0.717, 1.165) is 22.4 Å². The van der Waals surface area contributed by atoms with Crippen LogP contribution in [0.3, 0.4) is 0 Å². The zero-order valence-electron chi connectivity index (χ0n) is 17.9. The standard InChI is InChI=1S/C24H34O2/c1-15-10-17(21(25)19(12-15)23(3,4)5)14-18-11-16(2)13-20(22(18)26-9)24(6,7)8/h10-13,25H,14H2,1-9H3. The summed E-state index contributed by atoms with van der Waals surface area (Å²) in [7, 11) is 1.74. The van der Waals surface area contributed by atoms with Crippen molar-refractivity contribution in [3.8, 4) is 11.5 Å². The van der Waals surface area contributed by atoms with Crippen molar-refractivity contribution in [2.45, 2.75) is 72.6 Å². The zero-order valence-corrected chi connectivity index (χ0v) is 17.9. The summed E-state index contributed by atoms with van der Waals surface area (Å²) in [5.41, 5.74) is 6.57. The first-order chi connectivity index (χ1) is 11.8. The van der Waals surface area contributed by atoms with Crippen molar-refractivity contribution < 1.29 is 9.84 Å². The average molecular weight is 355 g/mol. The normalized spacial score (nSPS) is 12.3. The van der Waals surface area contributed by atoms with Crippen molar-refractivity contribution in [3.05, 3.63) is 57.6 Å². The van der Waals surface area contributed by atoms with Gasteiger partial charge in [-0.25, -0.2) is 0 Å². The Balaban J connectivity index is 2.63. The predicted molar refractivity (Wildman–Crippen MR) is 111 cm³/mol. The molecular formula is C24H34O2. The minimum atomic E-state index is -0.0991. The Hall–Kier alpha value is -1.96. The summed E-state index contributed by atoms with van der Waals surface area (Å²) in [6, 6.07) is 8.56. The molecule has 0 aliphatic rings. The van der Waals surface area contributed by atoms with E-state index in [1.165, 1.54) is 16.7 Å². The number of methoxy groups -OCH3 is 1. The Morgan fingerprint density at radius 1 is 0.769 bits per heavy atom. The molecule has 1 N–H and O–H groups in total. The number of rotatable bonds is 3. The van der Waals surface area contributed by atoms with E-state index in [0.29, 0.717) is 12.2 Å². The maximum absolute atomic E-state index is 10.9. The Bertz CT molecular complexity index is 802. The minimum Gasteiger partial charge on any atom is -0.507 e. The highest BCUT2D eigenvalue weighted by Gasteiger charge is 2.24. The lowest BCUT2D eigenvalue weighted by atomic mass is 9.81. The van der Waals surface area contributed by atoms with Crippen molar-refractivity contribution in [2.24, 2.45) is 0 Å². The van der Waals surface area contributed by atoms with Crippen LogP contribution in [0.1, 0.15) is 74.9 Å². The Morgan fingerprint density at radius 2 is 1.23 bits per heavy atom. The quantitative estimate of drug-likeness (QED) is 0.710. The average Bonchev–Trinajstić information content (AvgIpc) is 2.48. The van der Waals surface area contributed by atoms with Gasteiger partial charge in [0.15, 0.2) is 0 Å². The second kappa shape index (κ2) is 6.98. The van der Waals surface area contributed by atoms with Gasteiger partial charge in [-0.3, -0.25) is 0 Å². The summed E-state index contributed by atoms with van der Waals surface area (Å²) in [6.07, 6.45) is 0.657. The maximum Gasteiger partial charge on any atom is 0.126 e. The van der Waals surface area contributed by atoms with E-state index in [9.17, 15) is 5.11 Å². The van der Waals surface area contributed by atoms with Crippen molar-refractivity contribution in [1.29, 1.82) is 0 Å². The van der Waals surface area contributed by atoms with Gasteiger partial charge in [-0.15, -0.1) is 0 Å². The molecule has 2 aromatic rings. The molecule has 2 aromatic carbocycles. The van der Waals surface area contributed by atoms with Gasteiger partial charge in [-0.1, -0.05) is 76.9 Å². The summed E-state index contributed by atoms with van der Waals surface area (Å²) in [6.45, 7) is 17.2. The minimum absolute atomic E-state index is 0.00265. The molecule has 0 amide bonds. The fourth-order valence-corrected chi connectivity index (χ4v) is 3.54. The monoisotopic (exact) mass is 354 g/mol. The summed E-state index contributed by atoms with van der Waals surface area (Å²) in [5, 5.41) is 10.9. The smallest absolute Gasteiger partial charge is 0.126 e. The van der Waals surface area contributed by atoms with Crippen LogP contribution in [0.4, 0.5) is 0 Å². The number of phenolic OH excluding ortho intramolecular Hbond substituents is 1. The molecule has 0 atom stereocenters. The van der Waals surface area contributed by atoms with Gasteiger partial charge >= 0.3 is 0 Å². The SMILES string of the molecule is COc1c(Cc2cc(C)cc(C(C)(C)C)c2O)cc(C)cc1C(C)(C)C. The number of aryl methyl sites for hydroxylation is 2. The van der Waals surface area contributed by atoms with E-state index in [1.807, 2.05) is 0 Å². The van der Waals surface area contributed by atoms with Crippen molar-refractivity contribution in [3.63, 3.8) is 0 Å². The van der Waals surface area contributed by atoms with E-state index >= 15 is 0 Å². The molecule has 0 aromatic heterocycles. The van der Waals surface area contributed by atoms with Gasteiger partial charge in [-0.2, -0.15) is 0 Å². The first kappa shape index (κ1) is 20.4. The molecule has 0 saturated carbocycles. The molecule has 26 heavy (non-hydrogen) atoms. The van der Waals surface area contributed by atoms with Crippen LogP contribution in [0.25, 0.3) is 0 Å². The van der Waals surface area contributed by atoms with Crippen molar-refractivity contribution >= 4 is 0 Å². The fourth-order valence-electron chi connectivity index (χ4n) is 3.54. The number of ether oxygens (including phenoxy) is 1. The van der Waals surface area contributed by atoms with Gasteiger partial charge in [0.05, 0.1) is 7.11 Å². The third-order valence-corrected chi connectivity index (χ3v) is 4.84. The lowest BCUT2D eigenvalue weighted by Gasteiger charge is -2.26. The molecular weight excluding hydrogens is 320 g/mol. The summed E-state index contributed by atoms with van der Waals surface area (Å²) in [4.78, 5) is 0. The predicted octanol–water partition coefficient (Wildman–Crippen LogP) is 6.20. The highest BCUT2D eigenvalue weighted by Crippen LogP contribution is 2.39. The molecule has 2 rings (SSSR count). The highest BCUT2D eigenvalue weighted by molar-refractivity contribution is 5.53. The number of aromatic hydroxyl groups is 1. The van der Waals surface area contributed by atoms with Gasteiger partial charge in [0, 0.05) is 12.0 Å². The Morgan fingerprint density at radius 3 is 1.69 bits per heavy atom. The first-order valence-electron chi connectivity index (χ1n) is 9.35. The fraction of sp³-hybridized carbons (Fsp3) is 0.500. The van der Waals surface area contributed by atoms with Gasteiger partial charge in [0.1, 0.15) is 11.5 Å². The Labute approximate surface area is 159 Å². The molecule has 0 spiro atoms. The number of hydrogen-bond donors (Lipinski definition) is 1. The topological polar surface area (TPSA) is 29.5 Å². The molecule has 2 nitrogen and oxygen atoms in total. The lowest BCUT2D eigenvalue weighted by molar-refractivity contribution is 0.392. The van der Waals surface area contributed by atoms with Crippen LogP contribution in [-0.4, -0.2) is 12.2 Å². The largest absolute Gasteiger partial charge is 0.507 e. The molecule has 0 heterocycles. The van der Waals surface area contributed by atoms with Crippen LogP contribution >= 0.6 is 0 Å². The van der Waals surface area contributed by atoms with E-state index in [-0.39, 0.29) is 10.8 Å². The van der Waals surface area contributed by atoms with E-state index in [4.69, 9.17) is 4.74 Å². The van der Waals surface area contributed by atoms with Gasteiger partial charge in [0.2, 0.25) is 0 Å². The first-order valence-corrected chi connectivity index (χ1v) is 9.35. The van der Waals surface area contributed by atoms with Gasteiger partial charge in [-0.05, 0) is 41.4 Å². The van der Waals surface area contributed by atoms with E-state index in [1.54, 1.807) is 7.11 Å². The molecule has 0 unspecified atom stereocenters. The van der Waals surface area contributed by atoms with Crippen LogP contribution < -0.4 is 4.74 Å².